The largest absolute Gasteiger partial charge is 0.339 e. The van der Waals surface area contributed by atoms with Gasteiger partial charge in [-0.2, -0.15) is 0 Å². The number of benzene rings is 2. The monoisotopic (exact) mass is 342 g/mol. The number of likely N-dealkylation sites (tertiary alicyclic amines) is 1. The Balaban J connectivity index is 1.58. The Labute approximate surface area is 148 Å². The van der Waals surface area contributed by atoms with Crippen LogP contribution in [-0.4, -0.2) is 35.8 Å². The Bertz CT molecular complexity index is 693. The van der Waals surface area contributed by atoms with Gasteiger partial charge in [0.05, 0.1) is 0 Å². The summed E-state index contributed by atoms with van der Waals surface area (Å²) in [6.45, 7) is 3.46. The number of nitrogens with zero attached hydrogens (tertiary/aromatic N) is 2. The minimum Gasteiger partial charge on any atom is -0.339 e. The van der Waals surface area contributed by atoms with Crippen molar-refractivity contribution < 1.29 is 4.79 Å². The molecule has 0 aliphatic carbocycles. The third kappa shape index (κ3) is 4.37. The molecule has 1 amide bonds. The number of carbonyl (C=O) groups is 1. The molecule has 0 spiro atoms. The van der Waals surface area contributed by atoms with Gasteiger partial charge in [-0.1, -0.05) is 35.9 Å². The van der Waals surface area contributed by atoms with Crippen molar-refractivity contribution in [1.82, 2.24) is 9.80 Å². The molecule has 2 aromatic carbocycles. The summed E-state index contributed by atoms with van der Waals surface area (Å²) in [5.41, 5.74) is 3.20. The van der Waals surface area contributed by atoms with Crippen molar-refractivity contribution in [1.29, 1.82) is 0 Å². The van der Waals surface area contributed by atoms with Crippen molar-refractivity contribution in [2.45, 2.75) is 25.9 Å². The van der Waals surface area contributed by atoms with Gasteiger partial charge in [0.1, 0.15) is 0 Å². The molecule has 0 atom stereocenters. The molecule has 3 nitrogen and oxygen atoms in total. The van der Waals surface area contributed by atoms with Crippen LogP contribution in [0, 0.1) is 0 Å². The predicted molar refractivity (Wildman–Crippen MR) is 98.2 cm³/mol. The lowest BCUT2D eigenvalue weighted by Gasteiger charge is -2.18. The third-order valence-corrected chi connectivity index (χ3v) is 4.62. The highest BCUT2D eigenvalue weighted by Crippen LogP contribution is 2.16. The smallest absolute Gasteiger partial charge is 0.253 e. The number of hydrogen-bond donors (Lipinski definition) is 0. The van der Waals surface area contributed by atoms with Gasteiger partial charge in [0.2, 0.25) is 0 Å². The van der Waals surface area contributed by atoms with Gasteiger partial charge in [-0.3, -0.25) is 9.69 Å². The van der Waals surface area contributed by atoms with Gasteiger partial charge >= 0.3 is 0 Å². The summed E-state index contributed by atoms with van der Waals surface area (Å²) in [5.74, 6) is 0.159. The first kappa shape index (κ1) is 17.0. The van der Waals surface area contributed by atoms with Crippen molar-refractivity contribution in [2.24, 2.45) is 0 Å². The Morgan fingerprint density at radius 3 is 2.38 bits per heavy atom. The fraction of sp³-hybridized carbons (Fsp3) is 0.350. The zero-order chi connectivity index (χ0) is 16.9. The first-order chi connectivity index (χ1) is 11.6. The molecule has 1 fully saturated rings. The molecule has 1 aliphatic rings. The van der Waals surface area contributed by atoms with Crippen LogP contribution in [0.2, 0.25) is 5.02 Å². The molecular weight excluding hydrogens is 320 g/mol. The molecule has 1 aliphatic heterocycles. The minimum absolute atomic E-state index is 0.159. The molecular formula is C20H23ClN2O. The molecule has 126 valence electrons. The minimum atomic E-state index is 0.159. The van der Waals surface area contributed by atoms with Crippen LogP contribution in [0.25, 0.3) is 0 Å². The van der Waals surface area contributed by atoms with Gasteiger partial charge in [-0.25, -0.2) is 0 Å². The first-order valence-electron chi connectivity index (χ1n) is 8.43. The molecule has 0 radical (unpaired) electrons. The van der Waals surface area contributed by atoms with Crippen molar-refractivity contribution in [2.75, 3.05) is 20.1 Å². The summed E-state index contributed by atoms with van der Waals surface area (Å²) in [7, 11) is 2.09. The molecule has 2 aromatic rings. The van der Waals surface area contributed by atoms with E-state index in [4.69, 9.17) is 11.6 Å². The molecule has 1 heterocycles. The standard InChI is InChI=1S/C20H23ClN2O/c1-22(15-17-5-4-6-19(21)13-17)14-16-7-9-18(10-8-16)20(24)23-11-2-3-12-23/h4-10,13H,2-3,11-12,14-15H2,1H3. The summed E-state index contributed by atoms with van der Waals surface area (Å²) < 4.78 is 0. The maximum absolute atomic E-state index is 12.4. The van der Waals surface area contributed by atoms with Crippen LogP contribution >= 0.6 is 11.6 Å². The molecule has 4 heteroatoms. The summed E-state index contributed by atoms with van der Waals surface area (Å²) >= 11 is 6.03. The summed E-state index contributed by atoms with van der Waals surface area (Å²) in [6, 6.07) is 15.9. The molecule has 0 unspecified atom stereocenters. The summed E-state index contributed by atoms with van der Waals surface area (Å²) in [4.78, 5) is 16.5. The van der Waals surface area contributed by atoms with Crippen molar-refractivity contribution in [3.63, 3.8) is 0 Å². The van der Waals surface area contributed by atoms with E-state index in [1.165, 1.54) is 11.1 Å². The molecule has 0 aromatic heterocycles. The van der Waals surface area contributed by atoms with Crippen LogP contribution in [0.3, 0.4) is 0 Å². The topological polar surface area (TPSA) is 23.6 Å². The fourth-order valence-corrected chi connectivity index (χ4v) is 3.38. The summed E-state index contributed by atoms with van der Waals surface area (Å²) in [6.07, 6.45) is 2.25. The van der Waals surface area contributed by atoms with Crippen LogP contribution in [-0.2, 0) is 13.1 Å². The number of rotatable bonds is 5. The second kappa shape index (κ2) is 7.82. The zero-order valence-electron chi connectivity index (χ0n) is 14.0. The molecule has 3 rings (SSSR count). The van der Waals surface area contributed by atoms with Gasteiger partial charge < -0.3 is 4.90 Å². The lowest BCUT2D eigenvalue weighted by atomic mass is 10.1. The molecule has 0 saturated carbocycles. The van der Waals surface area contributed by atoms with Gasteiger partial charge in [-0.15, -0.1) is 0 Å². The summed E-state index contributed by atoms with van der Waals surface area (Å²) in [5, 5.41) is 0.769. The number of halogens is 1. The van der Waals surface area contributed by atoms with E-state index in [1.807, 2.05) is 35.2 Å². The van der Waals surface area contributed by atoms with Gasteiger partial charge in [0, 0.05) is 36.8 Å². The lowest BCUT2D eigenvalue weighted by molar-refractivity contribution is 0.0793. The average Bonchev–Trinajstić information content (AvgIpc) is 3.09. The third-order valence-electron chi connectivity index (χ3n) is 4.39. The van der Waals surface area contributed by atoms with Gasteiger partial charge in [0.25, 0.3) is 5.91 Å². The Morgan fingerprint density at radius 1 is 1.04 bits per heavy atom. The highest BCUT2D eigenvalue weighted by Gasteiger charge is 2.19. The molecule has 0 N–H and O–H groups in total. The Hall–Kier alpha value is -1.84. The van der Waals surface area contributed by atoms with Crippen molar-refractivity contribution >= 4 is 17.5 Å². The SMILES string of the molecule is CN(Cc1ccc(C(=O)N2CCCC2)cc1)Cc1cccc(Cl)c1. The van der Waals surface area contributed by atoms with E-state index in [2.05, 4.69) is 30.1 Å². The van der Waals surface area contributed by atoms with Crippen LogP contribution in [0.5, 0.6) is 0 Å². The van der Waals surface area contributed by atoms with Crippen LogP contribution < -0.4 is 0 Å². The molecule has 0 bridgehead atoms. The van der Waals surface area contributed by atoms with E-state index in [1.54, 1.807) is 0 Å². The van der Waals surface area contributed by atoms with Crippen molar-refractivity contribution in [3.8, 4) is 0 Å². The fourth-order valence-electron chi connectivity index (χ4n) is 3.17. The maximum atomic E-state index is 12.4. The first-order valence-corrected chi connectivity index (χ1v) is 8.81. The lowest BCUT2D eigenvalue weighted by Crippen LogP contribution is -2.27. The Kier molecular flexibility index (Phi) is 5.54. The Morgan fingerprint density at radius 2 is 1.71 bits per heavy atom. The normalized spacial score (nSPS) is 14.4. The number of amides is 1. The number of carbonyl (C=O) groups excluding carboxylic acids is 1. The predicted octanol–water partition coefficient (Wildman–Crippen LogP) is 4.21. The second-order valence-electron chi connectivity index (χ2n) is 6.50. The molecule has 24 heavy (non-hydrogen) atoms. The zero-order valence-corrected chi connectivity index (χ0v) is 14.8. The van der Waals surface area contributed by atoms with E-state index >= 15 is 0 Å². The maximum Gasteiger partial charge on any atom is 0.253 e. The molecule has 1 saturated heterocycles. The van der Waals surface area contributed by atoms with Crippen molar-refractivity contribution in [3.05, 3.63) is 70.2 Å². The van der Waals surface area contributed by atoms with E-state index in [0.717, 1.165) is 49.6 Å². The highest BCUT2D eigenvalue weighted by molar-refractivity contribution is 6.30. The average molecular weight is 343 g/mol. The van der Waals surface area contributed by atoms with Crippen LogP contribution in [0.15, 0.2) is 48.5 Å². The van der Waals surface area contributed by atoms with E-state index < -0.39 is 0 Å². The van der Waals surface area contributed by atoms with E-state index in [-0.39, 0.29) is 5.91 Å². The van der Waals surface area contributed by atoms with Gasteiger partial charge in [-0.05, 0) is 55.3 Å². The quantitative estimate of drug-likeness (QED) is 0.812. The van der Waals surface area contributed by atoms with Crippen LogP contribution in [0.1, 0.15) is 34.3 Å². The van der Waals surface area contributed by atoms with E-state index in [0.29, 0.717) is 0 Å². The highest BCUT2D eigenvalue weighted by atomic mass is 35.5. The second-order valence-corrected chi connectivity index (χ2v) is 6.93. The van der Waals surface area contributed by atoms with E-state index in [9.17, 15) is 4.79 Å². The number of hydrogen-bond acceptors (Lipinski definition) is 2. The van der Waals surface area contributed by atoms with Gasteiger partial charge in [0.15, 0.2) is 0 Å². The van der Waals surface area contributed by atoms with Crippen LogP contribution in [0.4, 0.5) is 0 Å².